The van der Waals surface area contributed by atoms with Gasteiger partial charge in [0.2, 0.25) is 0 Å². The Bertz CT molecular complexity index is 134. The molecule has 0 fully saturated rings. The monoisotopic (exact) mass is 262 g/mol. The highest BCUT2D eigenvalue weighted by Gasteiger charge is 2.01. The predicted molar refractivity (Wildman–Crippen MR) is 77.8 cm³/mol. The van der Waals surface area contributed by atoms with E-state index < -0.39 is 0 Å². The summed E-state index contributed by atoms with van der Waals surface area (Å²) in [6.07, 6.45) is 6.75. The molecule has 0 heterocycles. The fourth-order valence-electron chi connectivity index (χ4n) is 1.42. The summed E-state index contributed by atoms with van der Waals surface area (Å²) in [5, 5.41) is 17.5. The van der Waals surface area contributed by atoms with Crippen LogP contribution in [0.15, 0.2) is 0 Å². The fourth-order valence-corrected chi connectivity index (χ4v) is 1.42. The van der Waals surface area contributed by atoms with Gasteiger partial charge in [-0.05, 0) is 25.7 Å². The van der Waals surface area contributed by atoms with Gasteiger partial charge in [-0.1, -0.05) is 46.5 Å². The van der Waals surface area contributed by atoms with E-state index in [4.69, 9.17) is 14.9 Å². The second-order valence-electron chi connectivity index (χ2n) is 4.88. The van der Waals surface area contributed by atoms with Crippen molar-refractivity contribution in [1.82, 2.24) is 0 Å². The summed E-state index contributed by atoms with van der Waals surface area (Å²) < 4.78 is 5.09. The van der Waals surface area contributed by atoms with E-state index in [9.17, 15) is 0 Å². The van der Waals surface area contributed by atoms with Gasteiger partial charge >= 0.3 is 0 Å². The number of hydrogen-bond donors (Lipinski definition) is 2. The molecule has 0 aromatic heterocycles. The Kier molecular flexibility index (Phi) is 18.9. The normalized spacial score (nSPS) is 13.7. The van der Waals surface area contributed by atoms with Gasteiger partial charge < -0.3 is 14.9 Å². The van der Waals surface area contributed by atoms with Crippen LogP contribution in [0.5, 0.6) is 0 Å². The molecule has 0 spiro atoms. The lowest BCUT2D eigenvalue weighted by molar-refractivity contribution is 0.0450. The van der Waals surface area contributed by atoms with E-state index in [2.05, 4.69) is 20.8 Å². The average Bonchev–Trinajstić information content (AvgIpc) is 2.37. The molecular formula is C15H34O3. The minimum atomic E-state index is -0.318. The maximum absolute atomic E-state index is 8.75. The van der Waals surface area contributed by atoms with E-state index >= 15 is 0 Å². The van der Waals surface area contributed by atoms with Crippen LogP contribution in [0.25, 0.3) is 0 Å². The predicted octanol–water partition coefficient (Wildman–Crippen LogP) is 3.38. The van der Waals surface area contributed by atoms with Gasteiger partial charge in [0.15, 0.2) is 0 Å². The van der Waals surface area contributed by atoms with E-state index in [0.29, 0.717) is 19.1 Å². The van der Waals surface area contributed by atoms with Gasteiger partial charge in [0, 0.05) is 13.2 Å². The Labute approximate surface area is 114 Å². The number of rotatable bonds is 10. The second-order valence-corrected chi connectivity index (χ2v) is 4.88. The van der Waals surface area contributed by atoms with Crippen molar-refractivity contribution < 1.29 is 14.9 Å². The fraction of sp³-hybridized carbons (Fsp3) is 1.00. The molecule has 3 heteroatoms. The number of aliphatic hydroxyl groups excluding tert-OH is 2. The molecule has 2 unspecified atom stereocenters. The molecule has 0 aliphatic carbocycles. The lowest BCUT2D eigenvalue weighted by atomic mass is 10.0. The molecule has 0 radical (unpaired) electrons. The molecule has 0 aromatic rings. The van der Waals surface area contributed by atoms with Gasteiger partial charge in [0.1, 0.15) is 0 Å². The molecule has 2 atom stereocenters. The number of ether oxygens (including phenoxy) is 1. The van der Waals surface area contributed by atoms with Crippen molar-refractivity contribution >= 4 is 0 Å². The van der Waals surface area contributed by atoms with Crippen LogP contribution in [0, 0.1) is 5.92 Å². The quantitative estimate of drug-likeness (QED) is 0.593. The van der Waals surface area contributed by atoms with Crippen LogP contribution in [0.2, 0.25) is 0 Å². The van der Waals surface area contributed by atoms with Gasteiger partial charge in [0.25, 0.3) is 0 Å². The standard InChI is InChI=1S/C8H18O.C7H16O2/c1-3-5-6-8(4-2)7-9;1-3-4-5-9-6-7(2)8/h8-9H,3-7H2,1-2H3;7-8H,3-6H2,1-2H3. The Morgan fingerprint density at radius 3 is 2.06 bits per heavy atom. The highest BCUT2D eigenvalue weighted by molar-refractivity contribution is 4.53. The zero-order valence-electron chi connectivity index (χ0n) is 12.8. The molecule has 18 heavy (non-hydrogen) atoms. The van der Waals surface area contributed by atoms with Gasteiger partial charge in [-0.25, -0.2) is 0 Å². The van der Waals surface area contributed by atoms with Gasteiger partial charge in [0.05, 0.1) is 12.7 Å². The lowest BCUT2D eigenvalue weighted by Crippen LogP contribution is -2.10. The number of hydrogen-bond acceptors (Lipinski definition) is 3. The largest absolute Gasteiger partial charge is 0.396 e. The smallest absolute Gasteiger partial charge is 0.0745 e. The summed E-state index contributed by atoms with van der Waals surface area (Å²) >= 11 is 0. The molecule has 0 bridgehead atoms. The molecule has 0 rings (SSSR count). The second kappa shape index (κ2) is 16.9. The Morgan fingerprint density at radius 2 is 1.67 bits per heavy atom. The third kappa shape index (κ3) is 18.3. The van der Waals surface area contributed by atoms with Crippen LogP contribution in [0.3, 0.4) is 0 Å². The molecule has 112 valence electrons. The summed E-state index contributed by atoms with van der Waals surface area (Å²) in [6, 6.07) is 0. The summed E-state index contributed by atoms with van der Waals surface area (Å²) in [5.74, 6) is 0.560. The lowest BCUT2D eigenvalue weighted by Gasteiger charge is -2.08. The SMILES string of the molecule is CCCCC(CC)CO.CCCCOCC(C)O. The van der Waals surface area contributed by atoms with Crippen molar-refractivity contribution in [2.24, 2.45) is 5.92 Å². The molecule has 3 nitrogen and oxygen atoms in total. The van der Waals surface area contributed by atoms with Crippen molar-refractivity contribution in [3.63, 3.8) is 0 Å². The maximum atomic E-state index is 8.75. The van der Waals surface area contributed by atoms with Crippen molar-refractivity contribution in [2.75, 3.05) is 19.8 Å². The number of unbranched alkanes of at least 4 members (excludes halogenated alkanes) is 2. The Hall–Kier alpha value is -0.120. The van der Waals surface area contributed by atoms with Crippen molar-refractivity contribution in [1.29, 1.82) is 0 Å². The Balaban J connectivity index is 0. The zero-order chi connectivity index (χ0) is 14.2. The Morgan fingerprint density at radius 1 is 1.06 bits per heavy atom. The summed E-state index contributed by atoms with van der Waals surface area (Å²) in [5.41, 5.74) is 0. The molecule has 2 N–H and O–H groups in total. The topological polar surface area (TPSA) is 49.7 Å². The van der Waals surface area contributed by atoms with Crippen LogP contribution < -0.4 is 0 Å². The van der Waals surface area contributed by atoms with E-state index in [-0.39, 0.29) is 6.10 Å². The first-order valence-corrected chi connectivity index (χ1v) is 7.48. The van der Waals surface area contributed by atoms with Gasteiger partial charge in [-0.15, -0.1) is 0 Å². The van der Waals surface area contributed by atoms with E-state index in [1.807, 2.05) is 0 Å². The molecular weight excluding hydrogens is 228 g/mol. The van der Waals surface area contributed by atoms with Crippen LogP contribution in [-0.2, 0) is 4.74 Å². The highest BCUT2D eigenvalue weighted by Crippen LogP contribution is 2.10. The van der Waals surface area contributed by atoms with E-state index in [0.717, 1.165) is 25.9 Å². The molecule has 0 amide bonds. The third-order valence-electron chi connectivity index (χ3n) is 2.80. The molecule has 0 aromatic carbocycles. The van der Waals surface area contributed by atoms with Crippen LogP contribution >= 0.6 is 0 Å². The van der Waals surface area contributed by atoms with E-state index in [1.54, 1.807) is 6.92 Å². The van der Waals surface area contributed by atoms with Crippen LogP contribution in [-0.4, -0.2) is 36.1 Å². The van der Waals surface area contributed by atoms with Crippen molar-refractivity contribution in [3.8, 4) is 0 Å². The molecule has 0 saturated carbocycles. The minimum Gasteiger partial charge on any atom is -0.396 e. The van der Waals surface area contributed by atoms with E-state index in [1.165, 1.54) is 19.3 Å². The van der Waals surface area contributed by atoms with Crippen LogP contribution in [0.1, 0.15) is 66.2 Å². The molecule has 0 aliphatic heterocycles. The average molecular weight is 262 g/mol. The van der Waals surface area contributed by atoms with Crippen molar-refractivity contribution in [3.05, 3.63) is 0 Å². The number of aliphatic hydroxyl groups is 2. The first-order valence-electron chi connectivity index (χ1n) is 7.48. The first-order chi connectivity index (χ1) is 8.62. The summed E-state index contributed by atoms with van der Waals surface area (Å²) in [7, 11) is 0. The third-order valence-corrected chi connectivity index (χ3v) is 2.80. The van der Waals surface area contributed by atoms with Gasteiger partial charge in [-0.2, -0.15) is 0 Å². The summed E-state index contributed by atoms with van der Waals surface area (Å²) in [4.78, 5) is 0. The molecule has 0 aliphatic rings. The minimum absolute atomic E-state index is 0.318. The maximum Gasteiger partial charge on any atom is 0.0745 e. The van der Waals surface area contributed by atoms with Crippen molar-refractivity contribution in [2.45, 2.75) is 72.3 Å². The van der Waals surface area contributed by atoms with Crippen LogP contribution in [0.4, 0.5) is 0 Å². The highest BCUT2D eigenvalue weighted by atomic mass is 16.5. The summed E-state index contributed by atoms with van der Waals surface area (Å²) in [6.45, 7) is 9.79. The zero-order valence-corrected chi connectivity index (χ0v) is 12.8. The first kappa shape index (κ1) is 20.2. The van der Waals surface area contributed by atoms with Gasteiger partial charge in [-0.3, -0.25) is 0 Å². The molecule has 0 saturated heterocycles.